The molecule has 19 heavy (non-hydrogen) atoms. The van der Waals surface area contributed by atoms with Gasteiger partial charge in [0.15, 0.2) is 0 Å². The number of aliphatic hydroxyl groups excluding tert-OH is 2. The van der Waals surface area contributed by atoms with Crippen LogP contribution in [-0.4, -0.2) is 43.9 Å². The highest BCUT2D eigenvalue weighted by molar-refractivity contribution is 5.85. The van der Waals surface area contributed by atoms with Gasteiger partial charge in [0.25, 0.3) is 5.56 Å². The highest BCUT2D eigenvalue weighted by Crippen LogP contribution is 2.29. The van der Waals surface area contributed by atoms with Crippen molar-refractivity contribution in [3.63, 3.8) is 0 Å². The van der Waals surface area contributed by atoms with Gasteiger partial charge in [-0.05, 0) is 6.42 Å². The molecule has 2 aromatic rings. The van der Waals surface area contributed by atoms with Crippen LogP contribution in [0.3, 0.4) is 0 Å². The Morgan fingerprint density at radius 2 is 2.21 bits per heavy atom. The second kappa shape index (κ2) is 5.30. The Balaban J connectivity index is 0.00000133. The van der Waals surface area contributed by atoms with E-state index in [9.17, 15) is 9.90 Å². The van der Waals surface area contributed by atoms with Gasteiger partial charge in [0.1, 0.15) is 11.0 Å². The summed E-state index contributed by atoms with van der Waals surface area (Å²) in [6, 6.07) is -0.442. The van der Waals surface area contributed by atoms with Gasteiger partial charge in [-0.25, -0.2) is 4.98 Å². The van der Waals surface area contributed by atoms with Gasteiger partial charge >= 0.3 is 0 Å². The summed E-state index contributed by atoms with van der Waals surface area (Å²) >= 11 is 0. The number of aliphatic hydroxyl groups is 2. The average molecular weight is 287 g/mol. The largest absolute Gasteiger partial charge is 0.395 e. The number of halogens is 1. The molecule has 1 fully saturated rings. The summed E-state index contributed by atoms with van der Waals surface area (Å²) in [7, 11) is 0. The van der Waals surface area contributed by atoms with Crippen molar-refractivity contribution in [1.29, 1.82) is 0 Å². The van der Waals surface area contributed by atoms with Gasteiger partial charge in [0.2, 0.25) is 0 Å². The van der Waals surface area contributed by atoms with Crippen molar-refractivity contribution in [2.24, 2.45) is 0 Å². The predicted octanol–water partition coefficient (Wildman–Crippen LogP) is -0.571. The van der Waals surface area contributed by atoms with Crippen molar-refractivity contribution in [1.82, 2.24) is 20.3 Å². The van der Waals surface area contributed by atoms with Crippen molar-refractivity contribution in [2.45, 2.75) is 24.6 Å². The minimum absolute atomic E-state index is 0. The number of rotatable bonds is 2. The maximum absolute atomic E-state index is 11.6. The molecular formula is C11H15ClN4O3. The molecule has 2 aromatic heterocycles. The zero-order valence-corrected chi connectivity index (χ0v) is 10.8. The third-order valence-corrected chi connectivity index (χ3v) is 3.43. The van der Waals surface area contributed by atoms with Crippen LogP contribution in [0.15, 0.2) is 17.3 Å². The monoisotopic (exact) mass is 286 g/mol. The summed E-state index contributed by atoms with van der Waals surface area (Å²) in [5.74, 6) is 0. The van der Waals surface area contributed by atoms with Crippen molar-refractivity contribution < 1.29 is 10.2 Å². The van der Waals surface area contributed by atoms with E-state index in [1.165, 1.54) is 6.33 Å². The van der Waals surface area contributed by atoms with Crippen LogP contribution in [0.2, 0.25) is 0 Å². The number of nitrogens with one attached hydrogen (secondary N) is 3. The van der Waals surface area contributed by atoms with Gasteiger partial charge < -0.3 is 25.5 Å². The highest BCUT2D eigenvalue weighted by atomic mass is 35.5. The fourth-order valence-electron chi connectivity index (χ4n) is 2.47. The fraction of sp³-hybridized carbons (Fsp3) is 0.455. The molecule has 0 aliphatic carbocycles. The van der Waals surface area contributed by atoms with Gasteiger partial charge in [-0.2, -0.15) is 0 Å². The first kappa shape index (κ1) is 14.0. The topological polar surface area (TPSA) is 114 Å². The lowest BCUT2D eigenvalue weighted by molar-refractivity contribution is 0.121. The molecule has 3 atom stereocenters. The molecule has 1 aliphatic heterocycles. The first-order chi connectivity index (χ1) is 8.70. The number of fused-ring (bicyclic) bond motifs is 1. The second-order valence-electron chi connectivity index (χ2n) is 4.51. The first-order valence-corrected chi connectivity index (χ1v) is 5.80. The smallest absolute Gasteiger partial charge is 0.275 e. The molecular weight excluding hydrogens is 272 g/mol. The van der Waals surface area contributed by atoms with Crippen LogP contribution in [0.25, 0.3) is 11.0 Å². The molecule has 0 bridgehead atoms. The van der Waals surface area contributed by atoms with E-state index in [0.717, 1.165) is 5.56 Å². The van der Waals surface area contributed by atoms with Gasteiger partial charge in [0.05, 0.1) is 25.1 Å². The quantitative estimate of drug-likeness (QED) is 0.507. The molecule has 3 heterocycles. The zero-order chi connectivity index (χ0) is 12.7. The molecule has 1 saturated heterocycles. The van der Waals surface area contributed by atoms with Crippen LogP contribution >= 0.6 is 12.4 Å². The van der Waals surface area contributed by atoms with E-state index in [1.807, 2.05) is 0 Å². The molecule has 0 spiro atoms. The lowest BCUT2D eigenvalue weighted by Crippen LogP contribution is -2.34. The van der Waals surface area contributed by atoms with Crippen LogP contribution in [0, 0.1) is 0 Å². The van der Waals surface area contributed by atoms with E-state index in [2.05, 4.69) is 20.3 Å². The van der Waals surface area contributed by atoms with E-state index in [0.29, 0.717) is 17.5 Å². The minimum atomic E-state index is -0.591. The molecule has 0 amide bonds. The summed E-state index contributed by atoms with van der Waals surface area (Å²) in [6.07, 6.45) is 2.98. The maximum atomic E-state index is 11.6. The van der Waals surface area contributed by atoms with Crippen molar-refractivity contribution in [3.8, 4) is 0 Å². The van der Waals surface area contributed by atoms with Crippen LogP contribution in [0.5, 0.6) is 0 Å². The van der Waals surface area contributed by atoms with Crippen LogP contribution in [0.4, 0.5) is 0 Å². The Hall–Kier alpha value is -1.41. The number of hydrogen-bond donors (Lipinski definition) is 5. The number of H-pyrrole nitrogens is 2. The van der Waals surface area contributed by atoms with E-state index >= 15 is 0 Å². The molecule has 0 aromatic carbocycles. The minimum Gasteiger partial charge on any atom is -0.395 e. The molecule has 5 N–H and O–H groups in total. The Morgan fingerprint density at radius 1 is 1.42 bits per heavy atom. The molecule has 104 valence electrons. The summed E-state index contributed by atoms with van der Waals surface area (Å²) in [6.45, 7) is -0.117. The van der Waals surface area contributed by atoms with Gasteiger partial charge in [-0.1, -0.05) is 0 Å². The highest BCUT2D eigenvalue weighted by Gasteiger charge is 2.34. The maximum Gasteiger partial charge on any atom is 0.275 e. The molecule has 7 nitrogen and oxygen atoms in total. The normalized spacial score (nSPS) is 26.5. The lowest BCUT2D eigenvalue weighted by atomic mass is 10.1. The van der Waals surface area contributed by atoms with E-state index in [4.69, 9.17) is 5.11 Å². The molecule has 1 aliphatic rings. The SMILES string of the molecule is Cl.O=c1[nH]cnc2c([C@H]3C[C@H](O)[C@@H](CO)N3)c[nH]c12. The number of aromatic amines is 2. The summed E-state index contributed by atoms with van der Waals surface area (Å²) in [5, 5.41) is 22.0. The third-order valence-electron chi connectivity index (χ3n) is 3.43. The Kier molecular flexibility index (Phi) is 3.91. The van der Waals surface area contributed by atoms with E-state index in [-0.39, 0.29) is 36.7 Å². The van der Waals surface area contributed by atoms with Crippen molar-refractivity contribution in [3.05, 3.63) is 28.4 Å². The number of aromatic nitrogens is 3. The average Bonchev–Trinajstić information content (AvgIpc) is 2.93. The van der Waals surface area contributed by atoms with Gasteiger partial charge in [-0.3, -0.25) is 4.79 Å². The molecule has 0 radical (unpaired) electrons. The lowest BCUT2D eigenvalue weighted by Gasteiger charge is -2.11. The summed E-state index contributed by atoms with van der Waals surface area (Å²) < 4.78 is 0. The molecule has 0 saturated carbocycles. The van der Waals surface area contributed by atoms with Crippen LogP contribution in [-0.2, 0) is 0 Å². The Morgan fingerprint density at radius 3 is 2.89 bits per heavy atom. The Labute approximate surface area is 114 Å². The van der Waals surface area contributed by atoms with Crippen LogP contribution < -0.4 is 10.9 Å². The van der Waals surface area contributed by atoms with E-state index in [1.54, 1.807) is 6.20 Å². The van der Waals surface area contributed by atoms with Gasteiger partial charge in [0, 0.05) is 17.8 Å². The molecule has 3 rings (SSSR count). The zero-order valence-electron chi connectivity index (χ0n) is 9.96. The standard InChI is InChI=1S/C11H14N4O3.ClH/c16-3-7-8(17)1-6(15-7)5-2-12-10-9(5)13-4-14-11(10)18;/h2,4,6-8,12,15-17H,1,3H2,(H,13,14,18);1H/t6-,7-,8+;/m1./s1. The Bertz CT molecular complexity index is 626. The predicted molar refractivity (Wildman–Crippen MR) is 71.3 cm³/mol. The number of hydrogen-bond acceptors (Lipinski definition) is 5. The van der Waals surface area contributed by atoms with Crippen molar-refractivity contribution in [2.75, 3.05) is 6.61 Å². The molecule has 0 unspecified atom stereocenters. The third kappa shape index (κ3) is 2.25. The summed E-state index contributed by atoms with van der Waals surface area (Å²) in [5.41, 5.74) is 1.65. The fourth-order valence-corrected chi connectivity index (χ4v) is 2.47. The summed E-state index contributed by atoms with van der Waals surface area (Å²) in [4.78, 5) is 21.1. The number of nitrogens with zero attached hydrogens (tertiary/aromatic N) is 1. The first-order valence-electron chi connectivity index (χ1n) is 5.80. The molecule has 8 heteroatoms. The van der Waals surface area contributed by atoms with E-state index < -0.39 is 6.10 Å². The second-order valence-corrected chi connectivity index (χ2v) is 4.51. The van der Waals surface area contributed by atoms with Crippen molar-refractivity contribution >= 4 is 23.4 Å². The van der Waals surface area contributed by atoms with Crippen LogP contribution in [0.1, 0.15) is 18.0 Å². The van der Waals surface area contributed by atoms with Gasteiger partial charge in [-0.15, -0.1) is 12.4 Å².